The number of hydrogen-bond donors (Lipinski definition) is 1. The Morgan fingerprint density at radius 2 is 1.95 bits per heavy atom. The molecule has 2 rings (SSSR count). The summed E-state index contributed by atoms with van der Waals surface area (Å²) < 4.78 is 0. The van der Waals surface area contributed by atoms with Crippen LogP contribution < -0.4 is 10.2 Å². The Bertz CT molecular complexity index is 539. The maximum Gasteiger partial charge on any atom is 0.224 e. The van der Waals surface area contributed by atoms with Crippen LogP contribution in [0.15, 0.2) is 24.3 Å². The van der Waals surface area contributed by atoms with Crippen molar-refractivity contribution in [1.82, 2.24) is 9.97 Å². The minimum atomic E-state index is 0.684. The van der Waals surface area contributed by atoms with E-state index in [0.29, 0.717) is 5.95 Å². The van der Waals surface area contributed by atoms with Crippen LogP contribution >= 0.6 is 0 Å². The minimum absolute atomic E-state index is 0.684. The van der Waals surface area contributed by atoms with Crippen molar-refractivity contribution in [2.45, 2.75) is 26.7 Å². The van der Waals surface area contributed by atoms with Crippen LogP contribution in [0, 0.1) is 0 Å². The number of nitrogens with zero attached hydrogens (tertiary/aromatic N) is 3. The van der Waals surface area contributed by atoms with Gasteiger partial charge in [0, 0.05) is 25.5 Å². The molecule has 102 valence electrons. The van der Waals surface area contributed by atoms with Gasteiger partial charge in [-0.05, 0) is 25.5 Å². The van der Waals surface area contributed by atoms with Crippen molar-refractivity contribution in [3.63, 3.8) is 0 Å². The highest BCUT2D eigenvalue weighted by Gasteiger charge is 2.12. The van der Waals surface area contributed by atoms with Crippen molar-refractivity contribution in [2.75, 3.05) is 30.4 Å². The lowest BCUT2D eigenvalue weighted by Gasteiger charge is -2.23. The lowest BCUT2D eigenvalue weighted by atomic mass is 10.2. The molecule has 0 saturated heterocycles. The van der Waals surface area contributed by atoms with Crippen molar-refractivity contribution in [1.29, 1.82) is 0 Å². The monoisotopic (exact) mass is 258 g/mol. The SMILES string of the molecule is CCCCN(CC)c1nc(NC)nc2ccccc12. The molecule has 0 bridgehead atoms. The topological polar surface area (TPSA) is 41.1 Å². The van der Waals surface area contributed by atoms with Gasteiger partial charge in [-0.15, -0.1) is 0 Å². The normalized spacial score (nSPS) is 10.7. The summed E-state index contributed by atoms with van der Waals surface area (Å²) in [6.45, 7) is 6.39. The second-order valence-electron chi connectivity index (χ2n) is 4.57. The minimum Gasteiger partial charge on any atom is -0.357 e. The van der Waals surface area contributed by atoms with Gasteiger partial charge in [0.25, 0.3) is 0 Å². The summed E-state index contributed by atoms with van der Waals surface area (Å²) in [5.41, 5.74) is 0.992. The van der Waals surface area contributed by atoms with Gasteiger partial charge in [0.15, 0.2) is 0 Å². The Morgan fingerprint density at radius 1 is 1.16 bits per heavy atom. The summed E-state index contributed by atoms with van der Waals surface area (Å²) in [4.78, 5) is 11.5. The Balaban J connectivity index is 2.49. The fourth-order valence-corrected chi connectivity index (χ4v) is 2.18. The van der Waals surface area contributed by atoms with E-state index in [1.54, 1.807) is 0 Å². The number of rotatable bonds is 6. The third-order valence-electron chi connectivity index (χ3n) is 3.27. The Kier molecular flexibility index (Phi) is 4.55. The average Bonchev–Trinajstić information content (AvgIpc) is 2.47. The summed E-state index contributed by atoms with van der Waals surface area (Å²) in [5, 5.41) is 4.17. The van der Waals surface area contributed by atoms with E-state index in [1.165, 1.54) is 12.8 Å². The van der Waals surface area contributed by atoms with Gasteiger partial charge >= 0.3 is 0 Å². The molecule has 0 aliphatic rings. The molecule has 19 heavy (non-hydrogen) atoms. The average molecular weight is 258 g/mol. The zero-order chi connectivity index (χ0) is 13.7. The largest absolute Gasteiger partial charge is 0.357 e. The molecule has 2 aromatic rings. The Hall–Kier alpha value is -1.84. The van der Waals surface area contributed by atoms with Crippen LogP contribution in [0.25, 0.3) is 10.9 Å². The van der Waals surface area contributed by atoms with E-state index < -0.39 is 0 Å². The van der Waals surface area contributed by atoms with Crippen molar-refractivity contribution in [2.24, 2.45) is 0 Å². The number of anilines is 2. The van der Waals surface area contributed by atoms with E-state index in [-0.39, 0.29) is 0 Å². The molecule has 0 atom stereocenters. The van der Waals surface area contributed by atoms with Crippen LogP contribution in [-0.4, -0.2) is 30.1 Å². The third kappa shape index (κ3) is 2.95. The predicted octanol–water partition coefficient (Wildman–Crippen LogP) is 3.30. The molecule has 0 aliphatic heterocycles. The molecule has 0 amide bonds. The quantitative estimate of drug-likeness (QED) is 0.863. The van der Waals surface area contributed by atoms with Crippen LogP contribution in [0.2, 0.25) is 0 Å². The van der Waals surface area contributed by atoms with E-state index in [1.807, 2.05) is 25.2 Å². The first-order valence-electron chi connectivity index (χ1n) is 6.99. The first-order chi connectivity index (χ1) is 9.30. The summed E-state index contributed by atoms with van der Waals surface area (Å²) in [6.07, 6.45) is 2.37. The predicted molar refractivity (Wildman–Crippen MR) is 81.9 cm³/mol. The zero-order valence-electron chi connectivity index (χ0n) is 12.0. The van der Waals surface area contributed by atoms with Crippen molar-refractivity contribution < 1.29 is 0 Å². The molecule has 0 aliphatic carbocycles. The molecule has 0 fully saturated rings. The molecule has 0 saturated carbocycles. The fraction of sp³-hybridized carbons (Fsp3) is 0.467. The third-order valence-corrected chi connectivity index (χ3v) is 3.27. The Morgan fingerprint density at radius 3 is 2.63 bits per heavy atom. The van der Waals surface area contributed by atoms with Crippen molar-refractivity contribution in [3.8, 4) is 0 Å². The molecule has 4 nitrogen and oxygen atoms in total. The van der Waals surface area contributed by atoms with Crippen LogP contribution in [0.4, 0.5) is 11.8 Å². The molecular formula is C15H22N4. The lowest BCUT2D eigenvalue weighted by molar-refractivity contribution is 0.726. The number of unbranched alkanes of at least 4 members (excludes halogenated alkanes) is 1. The molecule has 4 heteroatoms. The number of benzene rings is 1. The molecule has 0 spiro atoms. The molecule has 1 N–H and O–H groups in total. The highest BCUT2D eigenvalue weighted by atomic mass is 15.2. The number of para-hydroxylation sites is 1. The van der Waals surface area contributed by atoms with E-state index in [9.17, 15) is 0 Å². The van der Waals surface area contributed by atoms with Gasteiger partial charge in [0.2, 0.25) is 5.95 Å². The summed E-state index contributed by atoms with van der Waals surface area (Å²) in [7, 11) is 1.86. The molecular weight excluding hydrogens is 236 g/mol. The second kappa shape index (κ2) is 6.36. The molecule has 0 radical (unpaired) electrons. The van der Waals surface area contributed by atoms with Crippen LogP contribution in [-0.2, 0) is 0 Å². The highest BCUT2D eigenvalue weighted by molar-refractivity contribution is 5.90. The van der Waals surface area contributed by atoms with Gasteiger partial charge in [0.1, 0.15) is 5.82 Å². The van der Waals surface area contributed by atoms with Gasteiger partial charge in [-0.1, -0.05) is 25.5 Å². The number of hydrogen-bond acceptors (Lipinski definition) is 4. The van der Waals surface area contributed by atoms with Gasteiger partial charge in [-0.25, -0.2) is 4.98 Å². The lowest BCUT2D eigenvalue weighted by Crippen LogP contribution is -2.25. The summed E-state index contributed by atoms with van der Waals surface area (Å²) >= 11 is 0. The van der Waals surface area contributed by atoms with E-state index in [4.69, 9.17) is 0 Å². The first kappa shape index (κ1) is 13.6. The van der Waals surface area contributed by atoms with Gasteiger partial charge < -0.3 is 10.2 Å². The highest BCUT2D eigenvalue weighted by Crippen LogP contribution is 2.25. The maximum atomic E-state index is 4.65. The van der Waals surface area contributed by atoms with Gasteiger partial charge in [-0.3, -0.25) is 0 Å². The van der Waals surface area contributed by atoms with E-state index >= 15 is 0 Å². The second-order valence-corrected chi connectivity index (χ2v) is 4.57. The van der Waals surface area contributed by atoms with E-state index in [2.05, 4.69) is 40.1 Å². The van der Waals surface area contributed by atoms with Gasteiger partial charge in [-0.2, -0.15) is 4.98 Å². The molecule has 1 aromatic heterocycles. The van der Waals surface area contributed by atoms with Crippen LogP contribution in [0.1, 0.15) is 26.7 Å². The first-order valence-corrected chi connectivity index (χ1v) is 6.99. The molecule has 0 unspecified atom stereocenters. The number of aromatic nitrogens is 2. The van der Waals surface area contributed by atoms with Crippen LogP contribution in [0.3, 0.4) is 0 Å². The Labute approximate surface area is 114 Å². The van der Waals surface area contributed by atoms with E-state index in [0.717, 1.165) is 29.8 Å². The fourth-order valence-electron chi connectivity index (χ4n) is 2.18. The standard InChI is InChI=1S/C15H22N4/c1-4-6-11-19(5-2)14-12-9-7-8-10-13(12)17-15(16-3)18-14/h7-10H,4-6,11H2,1-3H3,(H,16,17,18). The smallest absolute Gasteiger partial charge is 0.224 e. The zero-order valence-corrected chi connectivity index (χ0v) is 12.0. The molecule has 1 aromatic carbocycles. The van der Waals surface area contributed by atoms with Crippen molar-refractivity contribution in [3.05, 3.63) is 24.3 Å². The van der Waals surface area contributed by atoms with Crippen LogP contribution in [0.5, 0.6) is 0 Å². The summed E-state index contributed by atoms with van der Waals surface area (Å²) in [5.74, 6) is 1.72. The number of fused-ring (bicyclic) bond motifs is 1. The van der Waals surface area contributed by atoms with Crippen molar-refractivity contribution >= 4 is 22.7 Å². The number of nitrogens with one attached hydrogen (secondary N) is 1. The summed E-state index contributed by atoms with van der Waals surface area (Å²) in [6, 6.07) is 8.19. The molecule has 1 heterocycles. The maximum absolute atomic E-state index is 4.65. The van der Waals surface area contributed by atoms with Gasteiger partial charge in [0.05, 0.1) is 5.52 Å².